The molecule has 4 aromatic carbocycles. The van der Waals surface area contributed by atoms with Crippen molar-refractivity contribution in [3.05, 3.63) is 110 Å². The molecule has 386 valence electrons. The largest absolute Gasteiger partial charge is 0.496 e. The van der Waals surface area contributed by atoms with E-state index in [2.05, 4.69) is 14.1 Å². The van der Waals surface area contributed by atoms with Gasteiger partial charge in [-0.25, -0.2) is 9.59 Å². The molecule has 0 bridgehead atoms. The summed E-state index contributed by atoms with van der Waals surface area (Å²) >= 11 is 0. The molecule has 0 amide bonds. The number of rotatable bonds is 24. The first-order chi connectivity index (χ1) is 34.2. The standard InChI is InChI=1S/C54H72N2O15/c1-55(20-16-36-29-45(65-5)53(68-8)54(69-9)48(36)42(55)25-34-24-40(32-59)51(66-6)44(26-34)64-4)18-10-22-70-46(61)14-15-47(62)71-23-11-19-56(2)21-17-35-27-38(30-57)41(33-60)52(67-7)49(35)50(56)37-12-13-43(63-3)39(28-37)31-58/h12-15,24,26-29,42,50,57-60H,10-11,16-23,25,30-33H2,1-9H3/q+2/b15-14+. The molecule has 0 radical (unpaired) electrons. The summed E-state index contributed by atoms with van der Waals surface area (Å²) in [6, 6.07) is 13.0. The van der Waals surface area contributed by atoms with E-state index in [1.165, 1.54) is 0 Å². The van der Waals surface area contributed by atoms with Gasteiger partial charge in [0.1, 0.15) is 23.6 Å². The van der Waals surface area contributed by atoms with Crippen molar-refractivity contribution in [2.75, 3.05) is 103 Å². The third-order valence-electron chi connectivity index (χ3n) is 14.3. The van der Waals surface area contributed by atoms with Crippen LogP contribution < -0.4 is 33.2 Å². The molecule has 4 aromatic rings. The lowest BCUT2D eigenvalue weighted by molar-refractivity contribution is -0.941. The van der Waals surface area contributed by atoms with E-state index in [1.54, 1.807) is 49.8 Å². The molecular weight excluding hydrogens is 917 g/mol. The van der Waals surface area contributed by atoms with Crippen LogP contribution in [0.4, 0.5) is 0 Å². The zero-order valence-corrected chi connectivity index (χ0v) is 42.6. The minimum Gasteiger partial charge on any atom is -0.496 e. The van der Waals surface area contributed by atoms with Gasteiger partial charge in [0.2, 0.25) is 5.75 Å². The Morgan fingerprint density at radius 3 is 1.66 bits per heavy atom. The zero-order valence-electron chi connectivity index (χ0n) is 42.6. The van der Waals surface area contributed by atoms with Gasteiger partial charge in [-0.15, -0.1) is 0 Å². The minimum atomic E-state index is -0.674. The molecule has 0 aromatic heterocycles. The number of hydrogen-bond donors (Lipinski definition) is 4. The van der Waals surface area contributed by atoms with E-state index in [4.69, 9.17) is 42.6 Å². The highest BCUT2D eigenvalue weighted by Gasteiger charge is 2.45. The van der Waals surface area contributed by atoms with Crippen LogP contribution in [-0.4, -0.2) is 145 Å². The first-order valence-electron chi connectivity index (χ1n) is 23.8. The van der Waals surface area contributed by atoms with Crippen LogP contribution in [0.5, 0.6) is 40.2 Å². The average Bonchev–Trinajstić information content (AvgIpc) is 3.39. The summed E-state index contributed by atoms with van der Waals surface area (Å²) in [5.41, 5.74) is 8.12. The summed E-state index contributed by atoms with van der Waals surface area (Å²) in [5.74, 6) is 2.37. The van der Waals surface area contributed by atoms with Crippen molar-refractivity contribution in [1.29, 1.82) is 0 Å². The predicted octanol–water partition coefficient (Wildman–Crippen LogP) is 5.22. The molecule has 2 heterocycles. The molecule has 2 aliphatic heterocycles. The molecule has 0 spiro atoms. The van der Waals surface area contributed by atoms with Crippen LogP contribution in [0.3, 0.4) is 0 Å². The van der Waals surface area contributed by atoms with E-state index in [-0.39, 0.29) is 51.7 Å². The maximum Gasteiger partial charge on any atom is 0.331 e. The summed E-state index contributed by atoms with van der Waals surface area (Å²) in [5, 5.41) is 41.1. The second kappa shape index (κ2) is 24.4. The first kappa shape index (κ1) is 54.3. The number of ether oxygens (including phenoxy) is 9. The molecule has 17 heteroatoms. The molecule has 6 rings (SSSR count). The number of esters is 2. The number of hydrogen-bond acceptors (Lipinski definition) is 15. The second-order valence-electron chi connectivity index (χ2n) is 18.4. The average molecular weight is 989 g/mol. The number of aliphatic hydroxyl groups excluding tert-OH is 4. The van der Waals surface area contributed by atoms with Crippen molar-refractivity contribution < 1.29 is 81.6 Å². The van der Waals surface area contributed by atoms with Gasteiger partial charge in [-0.3, -0.25) is 0 Å². The highest BCUT2D eigenvalue weighted by molar-refractivity contribution is 5.91. The number of carbonyl (C=O) groups is 2. The number of nitrogens with zero attached hydrogens (tertiary/aromatic N) is 2. The fourth-order valence-electron chi connectivity index (χ4n) is 10.8. The Morgan fingerprint density at radius 2 is 1.11 bits per heavy atom. The van der Waals surface area contributed by atoms with Gasteiger partial charge in [0.05, 0.1) is 141 Å². The summed E-state index contributed by atoms with van der Waals surface area (Å²) in [6.45, 7) is 1.85. The van der Waals surface area contributed by atoms with Gasteiger partial charge < -0.3 is 72.0 Å². The van der Waals surface area contributed by atoms with Gasteiger partial charge in [0.15, 0.2) is 23.0 Å². The number of fused-ring (bicyclic) bond motifs is 2. The third-order valence-corrected chi connectivity index (χ3v) is 14.3. The minimum absolute atomic E-state index is 0.0907. The van der Waals surface area contributed by atoms with Crippen LogP contribution in [0.25, 0.3) is 0 Å². The molecule has 0 saturated carbocycles. The molecular formula is C54H72N2O15+2. The van der Waals surface area contributed by atoms with E-state index in [0.717, 1.165) is 58.5 Å². The smallest absolute Gasteiger partial charge is 0.331 e. The zero-order chi connectivity index (χ0) is 51.5. The fourth-order valence-corrected chi connectivity index (χ4v) is 10.8. The summed E-state index contributed by atoms with van der Waals surface area (Å²) in [7, 11) is 15.3. The molecule has 0 aliphatic carbocycles. The van der Waals surface area contributed by atoms with E-state index in [1.807, 2.05) is 42.5 Å². The lowest BCUT2D eigenvalue weighted by Gasteiger charge is -2.46. The van der Waals surface area contributed by atoms with E-state index in [0.29, 0.717) is 117 Å². The molecule has 4 unspecified atom stereocenters. The van der Waals surface area contributed by atoms with Crippen molar-refractivity contribution in [2.24, 2.45) is 0 Å². The summed E-state index contributed by atoms with van der Waals surface area (Å²) in [4.78, 5) is 25.9. The Hall–Kier alpha value is -6.08. The Kier molecular flexibility index (Phi) is 18.6. The van der Waals surface area contributed by atoms with Crippen LogP contribution >= 0.6 is 0 Å². The van der Waals surface area contributed by atoms with Gasteiger partial charge in [-0.2, -0.15) is 0 Å². The highest BCUT2D eigenvalue weighted by Crippen LogP contribution is 2.51. The number of aliphatic hydroxyl groups is 4. The second-order valence-corrected chi connectivity index (χ2v) is 18.4. The Bertz CT molecular complexity index is 2520. The maximum atomic E-state index is 12.9. The highest BCUT2D eigenvalue weighted by atomic mass is 16.5. The first-order valence-corrected chi connectivity index (χ1v) is 23.8. The van der Waals surface area contributed by atoms with Gasteiger partial charge in [0, 0.05) is 66.5 Å². The predicted molar refractivity (Wildman–Crippen MR) is 263 cm³/mol. The van der Waals surface area contributed by atoms with Gasteiger partial charge in [0.25, 0.3) is 0 Å². The van der Waals surface area contributed by atoms with Crippen LogP contribution in [-0.2, 0) is 64.8 Å². The van der Waals surface area contributed by atoms with Gasteiger partial charge >= 0.3 is 11.9 Å². The van der Waals surface area contributed by atoms with Crippen molar-refractivity contribution in [3.63, 3.8) is 0 Å². The third kappa shape index (κ3) is 11.5. The van der Waals surface area contributed by atoms with Gasteiger partial charge in [-0.1, -0.05) is 6.07 Å². The lowest BCUT2D eigenvalue weighted by atomic mass is 9.82. The number of likely N-dealkylation sites (N-methyl/N-ethyl adjacent to an activating group) is 2. The Balaban J connectivity index is 1.10. The molecule has 4 atom stereocenters. The monoisotopic (exact) mass is 988 g/mol. The van der Waals surface area contributed by atoms with Crippen molar-refractivity contribution >= 4 is 11.9 Å². The number of benzene rings is 4. The quantitative estimate of drug-likeness (QED) is 0.0309. The van der Waals surface area contributed by atoms with E-state index >= 15 is 0 Å². The van der Waals surface area contributed by atoms with Crippen LogP contribution in [0.2, 0.25) is 0 Å². The molecule has 71 heavy (non-hydrogen) atoms. The number of methoxy groups -OCH3 is 7. The molecule has 4 N–H and O–H groups in total. The normalized spacial score (nSPS) is 19.3. The Morgan fingerprint density at radius 1 is 0.563 bits per heavy atom. The maximum absolute atomic E-state index is 12.9. The van der Waals surface area contributed by atoms with Crippen LogP contribution in [0.1, 0.15) is 80.6 Å². The summed E-state index contributed by atoms with van der Waals surface area (Å²) < 4.78 is 52.6. The fraction of sp³-hybridized carbons (Fsp3) is 0.481. The Labute approximate surface area is 416 Å². The number of carbonyl (C=O) groups excluding carboxylic acids is 2. The van der Waals surface area contributed by atoms with Crippen molar-refractivity contribution in [1.82, 2.24) is 0 Å². The SMILES string of the molecule is COc1ccc(C2c3c(cc(CO)c(CO)c3OC)CC[N+]2(C)CCCOC(=O)/C=C/C(=O)OCCC[N+]2(C)CCc3cc(OC)c(OC)c(OC)c3C2Cc2cc(CO)c(OC)c(OC)c2)cc1CO. The topological polar surface area (TPSA) is 198 Å². The molecule has 0 fully saturated rings. The lowest BCUT2D eigenvalue weighted by Crippen LogP contribution is -2.53. The van der Waals surface area contributed by atoms with Crippen LogP contribution in [0, 0.1) is 0 Å². The summed E-state index contributed by atoms with van der Waals surface area (Å²) in [6.07, 6.45) is 5.11. The van der Waals surface area contributed by atoms with Gasteiger partial charge in [-0.05, 0) is 58.7 Å². The van der Waals surface area contributed by atoms with E-state index < -0.39 is 11.9 Å². The molecule has 2 aliphatic rings. The van der Waals surface area contributed by atoms with Crippen molar-refractivity contribution in [3.8, 4) is 40.2 Å². The number of quaternary nitrogens is 2. The molecule has 17 nitrogen and oxygen atoms in total. The molecule has 0 saturated heterocycles. The van der Waals surface area contributed by atoms with Crippen molar-refractivity contribution in [2.45, 2.75) is 70.6 Å². The van der Waals surface area contributed by atoms with Crippen LogP contribution in [0.15, 0.2) is 54.6 Å². The van der Waals surface area contributed by atoms with E-state index in [9.17, 15) is 30.0 Å².